The predicted molar refractivity (Wildman–Crippen MR) is 185 cm³/mol. The predicted octanol–water partition coefficient (Wildman–Crippen LogP) is 8.35. The monoisotopic (exact) mass is 699 g/mol. The molecular weight excluding hydrogens is 660 g/mol. The van der Waals surface area contributed by atoms with Crippen LogP contribution in [0.15, 0.2) is 71.6 Å². The fourth-order valence-corrected chi connectivity index (χ4v) is 7.59. The molecule has 0 unspecified atom stereocenters. The molecule has 7 nitrogen and oxygen atoms in total. The van der Waals surface area contributed by atoms with Crippen molar-refractivity contribution in [3.8, 4) is 22.1 Å². The molecule has 1 aliphatic heterocycles. The van der Waals surface area contributed by atoms with E-state index in [4.69, 9.17) is 19.2 Å². The number of hydrogen-bond donors (Lipinski definition) is 0. The van der Waals surface area contributed by atoms with Crippen LogP contribution in [-0.4, -0.2) is 62.4 Å². The summed E-state index contributed by atoms with van der Waals surface area (Å²) in [6, 6.07) is 19.3. The van der Waals surface area contributed by atoms with Gasteiger partial charge in [-0.2, -0.15) is 13.2 Å². The third kappa shape index (κ3) is 9.45. The summed E-state index contributed by atoms with van der Waals surface area (Å²) < 4.78 is 55.8. The Balaban J connectivity index is 1.31. The number of methoxy groups -OCH3 is 1. The lowest BCUT2D eigenvalue weighted by molar-refractivity contribution is -0.145. The first kappa shape index (κ1) is 35.6. The van der Waals surface area contributed by atoms with Gasteiger partial charge >= 0.3 is 12.1 Å². The number of ether oxygens (including phenoxy) is 3. The van der Waals surface area contributed by atoms with Gasteiger partial charge in [0.1, 0.15) is 16.5 Å². The summed E-state index contributed by atoms with van der Waals surface area (Å²) in [7, 11) is 1.66. The van der Waals surface area contributed by atoms with E-state index in [0.29, 0.717) is 35.2 Å². The van der Waals surface area contributed by atoms with E-state index in [-0.39, 0.29) is 6.61 Å². The van der Waals surface area contributed by atoms with Crippen LogP contribution in [0.4, 0.5) is 18.9 Å². The lowest BCUT2D eigenvalue weighted by atomic mass is 10.1. The Morgan fingerprint density at radius 3 is 2.35 bits per heavy atom. The van der Waals surface area contributed by atoms with Gasteiger partial charge in [-0.3, -0.25) is 4.90 Å². The highest BCUT2D eigenvalue weighted by Crippen LogP contribution is 2.37. The van der Waals surface area contributed by atoms with Crippen LogP contribution in [0.2, 0.25) is 0 Å². The lowest BCUT2D eigenvalue weighted by Crippen LogP contribution is -2.46. The number of piperazine rings is 1. The molecule has 2 heterocycles. The quantitative estimate of drug-likeness (QED) is 0.0962. The first-order valence-electron chi connectivity index (χ1n) is 16.0. The Hall–Kier alpha value is -3.74. The van der Waals surface area contributed by atoms with Gasteiger partial charge in [0.05, 0.1) is 25.0 Å². The van der Waals surface area contributed by atoms with Crippen LogP contribution in [0.25, 0.3) is 10.6 Å². The lowest BCUT2D eigenvalue weighted by Gasteiger charge is -2.36. The molecule has 4 aromatic rings. The van der Waals surface area contributed by atoms with E-state index in [1.165, 1.54) is 23.5 Å². The van der Waals surface area contributed by atoms with Crippen LogP contribution in [0.3, 0.4) is 0 Å². The molecule has 0 spiro atoms. The molecule has 1 saturated heterocycles. The third-order valence-corrected chi connectivity index (χ3v) is 10.3. The van der Waals surface area contributed by atoms with Crippen LogP contribution in [0, 0.1) is 0 Å². The van der Waals surface area contributed by atoms with Gasteiger partial charge < -0.3 is 19.1 Å². The number of aryl methyl sites for hydroxylation is 1. The van der Waals surface area contributed by atoms with E-state index in [2.05, 4.69) is 34.9 Å². The van der Waals surface area contributed by atoms with E-state index in [0.717, 1.165) is 83.6 Å². The topological polar surface area (TPSA) is 64.1 Å². The molecule has 1 aromatic heterocycles. The number of carbonyl (C=O) groups is 1. The maximum Gasteiger partial charge on any atom is 0.416 e. The normalized spacial score (nSPS) is 13.8. The number of alkyl halides is 3. The zero-order chi connectivity index (χ0) is 34.1. The zero-order valence-electron chi connectivity index (χ0n) is 27.3. The number of nitrogens with zero attached hydrogens (tertiary/aromatic N) is 3. The van der Waals surface area contributed by atoms with Crippen molar-refractivity contribution >= 4 is 34.8 Å². The van der Waals surface area contributed by atoms with Crippen molar-refractivity contribution in [2.24, 2.45) is 0 Å². The molecule has 12 heteroatoms. The number of thioether (sulfide) groups is 1. The second kappa shape index (κ2) is 16.6. The summed E-state index contributed by atoms with van der Waals surface area (Å²) in [6.45, 7) is 8.15. The molecule has 5 rings (SSSR count). The Morgan fingerprint density at radius 2 is 1.71 bits per heavy atom. The minimum Gasteiger partial charge on any atom is -0.497 e. The average Bonchev–Trinajstić information content (AvgIpc) is 3.49. The van der Waals surface area contributed by atoms with E-state index in [9.17, 15) is 18.0 Å². The minimum absolute atomic E-state index is 0.137. The number of carbonyl (C=O) groups excluding carboxylic acids is 1. The Morgan fingerprint density at radius 1 is 0.979 bits per heavy atom. The van der Waals surface area contributed by atoms with Crippen LogP contribution < -0.4 is 14.4 Å². The van der Waals surface area contributed by atoms with E-state index >= 15 is 0 Å². The average molecular weight is 700 g/mol. The molecule has 0 bridgehead atoms. The third-order valence-electron chi connectivity index (χ3n) is 7.99. The van der Waals surface area contributed by atoms with Crippen LogP contribution in [0.1, 0.15) is 42.0 Å². The molecule has 0 amide bonds. The van der Waals surface area contributed by atoms with Crippen molar-refractivity contribution < 1.29 is 32.2 Å². The highest BCUT2D eigenvalue weighted by atomic mass is 32.2. The van der Waals surface area contributed by atoms with Gasteiger partial charge in [-0.15, -0.1) is 23.1 Å². The molecule has 0 N–H and O–H groups in total. The molecule has 3 aromatic carbocycles. The molecule has 0 aliphatic carbocycles. The van der Waals surface area contributed by atoms with Gasteiger partial charge in [-0.05, 0) is 73.5 Å². The van der Waals surface area contributed by atoms with Crippen molar-refractivity contribution in [2.75, 3.05) is 51.4 Å². The Bertz CT molecular complexity index is 1640. The summed E-state index contributed by atoms with van der Waals surface area (Å²) in [4.78, 5) is 23.7. The van der Waals surface area contributed by atoms with Crippen molar-refractivity contribution in [3.63, 3.8) is 0 Å². The highest BCUT2D eigenvalue weighted by molar-refractivity contribution is 7.98. The Kier molecular flexibility index (Phi) is 12.3. The fourth-order valence-electron chi connectivity index (χ4n) is 5.45. The van der Waals surface area contributed by atoms with E-state index in [1.807, 2.05) is 24.3 Å². The van der Waals surface area contributed by atoms with Crippen molar-refractivity contribution in [3.05, 3.63) is 88.4 Å². The molecule has 1 fully saturated rings. The van der Waals surface area contributed by atoms with Gasteiger partial charge in [-0.25, -0.2) is 9.78 Å². The first-order valence-corrected chi connectivity index (χ1v) is 17.8. The number of thiazole rings is 1. The molecule has 256 valence electrons. The minimum atomic E-state index is -4.39. The van der Waals surface area contributed by atoms with Gasteiger partial charge in [0.25, 0.3) is 0 Å². The second-order valence-electron chi connectivity index (χ2n) is 11.3. The number of hydrogen-bond acceptors (Lipinski definition) is 9. The number of halogens is 3. The number of esters is 1. The zero-order valence-corrected chi connectivity index (χ0v) is 29.0. The van der Waals surface area contributed by atoms with Gasteiger partial charge in [0.2, 0.25) is 0 Å². The summed E-state index contributed by atoms with van der Waals surface area (Å²) in [5.74, 6) is 1.76. The summed E-state index contributed by atoms with van der Waals surface area (Å²) in [5.41, 5.74) is 3.12. The van der Waals surface area contributed by atoms with Gasteiger partial charge in [-0.1, -0.05) is 25.5 Å². The number of rotatable bonds is 14. The van der Waals surface area contributed by atoms with Crippen molar-refractivity contribution in [1.82, 2.24) is 9.88 Å². The van der Waals surface area contributed by atoms with Crippen LogP contribution >= 0.6 is 23.1 Å². The molecular formula is C36H40F3N3O4S2. The van der Waals surface area contributed by atoms with E-state index < -0.39 is 17.7 Å². The number of benzene rings is 3. The van der Waals surface area contributed by atoms with Crippen molar-refractivity contribution in [1.29, 1.82) is 0 Å². The number of anilines is 1. The highest BCUT2D eigenvalue weighted by Gasteiger charge is 2.30. The molecule has 0 atom stereocenters. The maximum atomic E-state index is 13.2. The van der Waals surface area contributed by atoms with Gasteiger partial charge in [0.15, 0.2) is 6.61 Å². The fraction of sp³-hybridized carbons (Fsp3) is 0.389. The molecule has 48 heavy (non-hydrogen) atoms. The second-order valence-corrected chi connectivity index (χ2v) is 13.5. The van der Waals surface area contributed by atoms with Gasteiger partial charge in [0, 0.05) is 59.5 Å². The largest absolute Gasteiger partial charge is 0.497 e. The summed E-state index contributed by atoms with van der Waals surface area (Å²) in [5, 5.41) is 0.709. The molecule has 1 aliphatic rings. The standard InChI is InChI=1S/C36H40F3N3O4S2/c1-4-6-26-21-30(15-16-32(26)46-23-34(43)45-5-2)47-24-33-31(40-35(48-33)25-7-9-27(10-8-25)36(37,38)39)22-41-17-19-42(20-18-41)28-11-13-29(44-3)14-12-28/h7-16,21H,4-6,17-20,22-24H2,1-3H3. The number of aromatic nitrogens is 1. The molecule has 0 radical (unpaired) electrons. The Labute approximate surface area is 288 Å². The first-order chi connectivity index (χ1) is 23.2. The maximum absolute atomic E-state index is 13.2. The molecule has 0 saturated carbocycles. The SMILES string of the molecule is CCCc1cc(SCc2sc(-c3ccc(C(F)(F)F)cc3)nc2CN2CCN(c3ccc(OC)cc3)CC2)ccc1OCC(=O)OCC. The van der Waals surface area contributed by atoms with Crippen molar-refractivity contribution in [2.45, 2.75) is 50.1 Å². The smallest absolute Gasteiger partial charge is 0.416 e. The summed E-state index contributed by atoms with van der Waals surface area (Å²) >= 11 is 3.21. The summed E-state index contributed by atoms with van der Waals surface area (Å²) in [6.07, 6.45) is -2.66. The van der Waals surface area contributed by atoms with E-state index in [1.54, 1.807) is 25.8 Å². The van der Waals surface area contributed by atoms with Crippen LogP contribution in [-0.2, 0) is 34.4 Å². The van der Waals surface area contributed by atoms with Crippen LogP contribution in [0.5, 0.6) is 11.5 Å².